The van der Waals surface area contributed by atoms with Gasteiger partial charge in [-0.25, -0.2) is 9.78 Å². The minimum absolute atomic E-state index is 0.0279. The fourth-order valence-electron chi connectivity index (χ4n) is 4.18. The number of amides is 1. The maximum absolute atomic E-state index is 12.0. The predicted octanol–water partition coefficient (Wildman–Crippen LogP) is 5.24. The average Bonchev–Trinajstić information content (AvgIpc) is 2.93. The van der Waals surface area contributed by atoms with Gasteiger partial charge in [-0.15, -0.1) is 0 Å². The van der Waals surface area contributed by atoms with Gasteiger partial charge in [0.25, 0.3) is 0 Å². The lowest BCUT2D eigenvalue weighted by Crippen LogP contribution is -2.44. The van der Waals surface area contributed by atoms with Gasteiger partial charge in [0.2, 0.25) is 5.95 Å². The Labute approximate surface area is 238 Å². The maximum Gasteiger partial charge on any atom is 0.413 e. The Hall–Kier alpha value is -3.31. The third-order valence-electron chi connectivity index (χ3n) is 6.38. The molecule has 0 atom stereocenters. The Morgan fingerprint density at radius 2 is 1.90 bits per heavy atom. The number of nitrogens with zero attached hydrogens (tertiary/aromatic N) is 5. The molecule has 1 aliphatic heterocycles. The van der Waals surface area contributed by atoms with E-state index in [0.717, 1.165) is 44.0 Å². The first-order chi connectivity index (χ1) is 18.8. The van der Waals surface area contributed by atoms with E-state index in [0.29, 0.717) is 39.4 Å². The van der Waals surface area contributed by atoms with Crippen LogP contribution in [0.15, 0.2) is 48.7 Å². The normalized spacial score (nSPS) is 14.2. The lowest BCUT2D eigenvalue weighted by Gasteiger charge is -2.32. The van der Waals surface area contributed by atoms with Crippen molar-refractivity contribution >= 4 is 46.7 Å². The zero-order valence-electron chi connectivity index (χ0n) is 21.9. The number of carbonyl (C=O) groups is 1. The minimum atomic E-state index is -1.19. The summed E-state index contributed by atoms with van der Waals surface area (Å²) < 4.78 is 11.5. The molecule has 1 aromatic heterocycles. The number of methoxy groups -OCH3 is 1. The Balaban J connectivity index is 1.39. The number of likely N-dealkylation sites (N-methyl/N-ethyl adjacent to an activating group) is 1. The predicted molar refractivity (Wildman–Crippen MR) is 153 cm³/mol. The number of anilines is 3. The topological polar surface area (TPSA) is 103 Å². The molecule has 0 saturated carbocycles. The van der Waals surface area contributed by atoms with Gasteiger partial charge in [-0.2, -0.15) is 4.98 Å². The molecule has 2 aromatic carbocycles. The lowest BCUT2D eigenvalue weighted by molar-refractivity contribution is 0.145. The summed E-state index contributed by atoms with van der Waals surface area (Å²) in [4.78, 5) is 26.5. The molecule has 3 aromatic rings. The SMILES string of the molecule is COc1cc(Nc2nccc(N(Cc3cc(Cl)ccc3Cl)C(=O)O)n2)ccc1OCCCN1CCN(C)CC1. The summed E-state index contributed by atoms with van der Waals surface area (Å²) in [7, 11) is 3.73. The average molecular weight is 575 g/mol. The summed E-state index contributed by atoms with van der Waals surface area (Å²) in [5.74, 6) is 1.62. The smallest absolute Gasteiger partial charge is 0.413 e. The van der Waals surface area contributed by atoms with Gasteiger partial charge < -0.3 is 29.7 Å². The Morgan fingerprint density at radius 1 is 1.10 bits per heavy atom. The van der Waals surface area contributed by atoms with Crippen molar-refractivity contribution in [1.29, 1.82) is 0 Å². The number of aromatic nitrogens is 2. The van der Waals surface area contributed by atoms with Gasteiger partial charge in [-0.05, 0) is 55.4 Å². The van der Waals surface area contributed by atoms with Crippen LogP contribution in [0.3, 0.4) is 0 Å². The van der Waals surface area contributed by atoms with E-state index in [1.165, 1.54) is 12.3 Å². The standard InChI is InChI=1S/C27H32Cl2N6O4/c1-33-11-13-34(14-12-33)10-3-15-39-23-7-5-21(17-24(23)38-2)31-26-30-9-8-25(32-26)35(27(36)37)18-19-16-20(28)4-6-22(19)29/h4-9,16-17H,3,10-15,18H2,1-2H3,(H,36,37)(H,30,31,32). The number of benzene rings is 2. The number of carboxylic acid groups (broad SMARTS) is 1. The van der Waals surface area contributed by atoms with Gasteiger partial charge in [0.05, 0.1) is 20.3 Å². The van der Waals surface area contributed by atoms with Crippen molar-refractivity contribution in [2.45, 2.75) is 13.0 Å². The van der Waals surface area contributed by atoms with Crippen molar-refractivity contribution in [1.82, 2.24) is 19.8 Å². The molecule has 1 amide bonds. The second-order valence-electron chi connectivity index (χ2n) is 9.18. The number of halogens is 2. The third kappa shape index (κ3) is 8.09. The van der Waals surface area contributed by atoms with Crippen molar-refractivity contribution < 1.29 is 19.4 Å². The summed E-state index contributed by atoms with van der Waals surface area (Å²) in [5, 5.41) is 13.8. The van der Waals surface area contributed by atoms with E-state index in [9.17, 15) is 9.90 Å². The summed E-state index contributed by atoms with van der Waals surface area (Å²) in [6, 6.07) is 11.8. The van der Waals surface area contributed by atoms with Crippen LogP contribution in [0.4, 0.5) is 22.2 Å². The van der Waals surface area contributed by atoms with Gasteiger partial charge in [0.1, 0.15) is 5.82 Å². The molecule has 2 heterocycles. The number of hydrogen-bond donors (Lipinski definition) is 2. The van der Waals surface area contributed by atoms with Crippen molar-refractivity contribution in [3.8, 4) is 11.5 Å². The van der Waals surface area contributed by atoms with Crippen LogP contribution in [0.1, 0.15) is 12.0 Å². The molecular formula is C27H32Cl2N6O4. The van der Waals surface area contributed by atoms with Crippen LogP contribution in [-0.4, -0.2) is 84.5 Å². The fourth-order valence-corrected chi connectivity index (χ4v) is 4.55. The minimum Gasteiger partial charge on any atom is -0.493 e. The summed E-state index contributed by atoms with van der Waals surface area (Å²) >= 11 is 12.3. The number of rotatable bonds is 11. The van der Waals surface area contributed by atoms with Crippen molar-refractivity contribution in [2.24, 2.45) is 0 Å². The Morgan fingerprint density at radius 3 is 2.64 bits per heavy atom. The molecule has 1 saturated heterocycles. The Bertz CT molecular complexity index is 1270. The van der Waals surface area contributed by atoms with Crippen molar-refractivity contribution in [2.75, 3.05) is 63.7 Å². The highest BCUT2D eigenvalue weighted by atomic mass is 35.5. The lowest BCUT2D eigenvalue weighted by atomic mass is 10.2. The number of nitrogens with one attached hydrogen (secondary N) is 1. The molecular weight excluding hydrogens is 543 g/mol. The second kappa shape index (κ2) is 13.7. The van der Waals surface area contributed by atoms with Crippen LogP contribution >= 0.6 is 23.2 Å². The largest absolute Gasteiger partial charge is 0.493 e. The molecule has 1 fully saturated rings. The first kappa shape index (κ1) is 28.7. The van der Waals surface area contributed by atoms with Crippen LogP contribution in [-0.2, 0) is 6.54 Å². The molecule has 4 rings (SSSR count). The van der Waals surface area contributed by atoms with E-state index < -0.39 is 6.09 Å². The van der Waals surface area contributed by atoms with Crippen LogP contribution in [0.2, 0.25) is 10.0 Å². The molecule has 0 unspecified atom stereocenters. The second-order valence-corrected chi connectivity index (χ2v) is 10.0. The highest BCUT2D eigenvalue weighted by Gasteiger charge is 2.19. The zero-order chi connectivity index (χ0) is 27.8. The summed E-state index contributed by atoms with van der Waals surface area (Å²) in [5.41, 5.74) is 1.22. The maximum atomic E-state index is 12.0. The Kier molecular flexibility index (Phi) is 10.0. The van der Waals surface area contributed by atoms with E-state index in [4.69, 9.17) is 32.7 Å². The van der Waals surface area contributed by atoms with Crippen LogP contribution in [0.5, 0.6) is 11.5 Å². The summed E-state index contributed by atoms with van der Waals surface area (Å²) in [6.45, 7) is 5.92. The van der Waals surface area contributed by atoms with Gasteiger partial charge >= 0.3 is 6.09 Å². The highest BCUT2D eigenvalue weighted by molar-refractivity contribution is 6.33. The molecule has 0 spiro atoms. The van der Waals surface area contributed by atoms with Crippen molar-refractivity contribution in [3.63, 3.8) is 0 Å². The number of hydrogen-bond acceptors (Lipinski definition) is 8. The quantitative estimate of drug-likeness (QED) is 0.297. The molecule has 12 heteroatoms. The van der Waals surface area contributed by atoms with Gasteiger partial charge in [0, 0.05) is 60.7 Å². The van der Waals surface area contributed by atoms with E-state index in [1.807, 2.05) is 12.1 Å². The molecule has 1 aliphatic rings. The highest BCUT2D eigenvalue weighted by Crippen LogP contribution is 2.31. The van der Waals surface area contributed by atoms with E-state index in [1.54, 1.807) is 31.4 Å². The first-order valence-electron chi connectivity index (χ1n) is 12.6. The molecule has 0 bridgehead atoms. The van der Waals surface area contributed by atoms with Gasteiger partial charge in [-0.3, -0.25) is 4.90 Å². The van der Waals surface area contributed by atoms with E-state index in [-0.39, 0.29) is 18.3 Å². The fraction of sp³-hybridized carbons (Fsp3) is 0.370. The first-order valence-corrected chi connectivity index (χ1v) is 13.3. The van der Waals surface area contributed by atoms with E-state index in [2.05, 4.69) is 32.1 Å². The number of piperazine rings is 1. The van der Waals surface area contributed by atoms with Gasteiger partial charge in [0.15, 0.2) is 11.5 Å². The van der Waals surface area contributed by atoms with Crippen LogP contribution in [0.25, 0.3) is 0 Å². The molecule has 0 aliphatic carbocycles. The van der Waals surface area contributed by atoms with Crippen LogP contribution < -0.4 is 19.7 Å². The molecule has 39 heavy (non-hydrogen) atoms. The van der Waals surface area contributed by atoms with Crippen LogP contribution in [0, 0.1) is 0 Å². The molecule has 2 N–H and O–H groups in total. The number of ether oxygens (including phenoxy) is 2. The third-order valence-corrected chi connectivity index (χ3v) is 6.98. The van der Waals surface area contributed by atoms with Crippen molar-refractivity contribution in [3.05, 3.63) is 64.3 Å². The monoisotopic (exact) mass is 574 g/mol. The van der Waals surface area contributed by atoms with Gasteiger partial charge in [-0.1, -0.05) is 23.2 Å². The van der Waals surface area contributed by atoms with E-state index >= 15 is 0 Å². The molecule has 208 valence electrons. The molecule has 10 nitrogen and oxygen atoms in total. The molecule has 0 radical (unpaired) electrons. The summed E-state index contributed by atoms with van der Waals surface area (Å²) in [6.07, 6.45) is 1.22. The zero-order valence-corrected chi connectivity index (χ0v) is 23.5.